The van der Waals surface area contributed by atoms with E-state index < -0.39 is 0 Å². The lowest BCUT2D eigenvalue weighted by Crippen LogP contribution is -2.35. The molecule has 2 aromatic rings. The van der Waals surface area contributed by atoms with Crippen LogP contribution in [0.25, 0.3) is 5.78 Å². The number of carbonyl (C=O) groups is 1. The Bertz CT molecular complexity index is 754. The molecule has 22 heavy (non-hydrogen) atoms. The van der Waals surface area contributed by atoms with Gasteiger partial charge in [0.25, 0.3) is 11.7 Å². The molecule has 1 amide bonds. The van der Waals surface area contributed by atoms with Crippen molar-refractivity contribution in [1.29, 1.82) is 0 Å². The van der Waals surface area contributed by atoms with Crippen molar-refractivity contribution in [3.8, 4) is 0 Å². The van der Waals surface area contributed by atoms with Gasteiger partial charge in [0, 0.05) is 30.5 Å². The van der Waals surface area contributed by atoms with Crippen LogP contribution in [0.3, 0.4) is 0 Å². The molecule has 0 radical (unpaired) electrons. The highest BCUT2D eigenvalue weighted by Gasteiger charge is 2.42. The number of fused-ring (bicyclic) bond motifs is 2. The summed E-state index contributed by atoms with van der Waals surface area (Å²) in [4.78, 5) is 21.5. The highest BCUT2D eigenvalue weighted by atomic mass is 16.2. The Labute approximate surface area is 128 Å². The highest BCUT2D eigenvalue weighted by molar-refractivity contribution is 5.91. The molecule has 116 valence electrons. The first-order valence-electron chi connectivity index (χ1n) is 7.73. The molecule has 2 saturated heterocycles. The van der Waals surface area contributed by atoms with Crippen LogP contribution in [0.4, 0.5) is 0 Å². The predicted octanol–water partition coefficient (Wildman–Crippen LogP) is 0.517. The van der Waals surface area contributed by atoms with E-state index in [-0.39, 0.29) is 5.91 Å². The fourth-order valence-corrected chi connectivity index (χ4v) is 3.85. The number of nitrogens with zero attached hydrogens (tertiary/aromatic N) is 6. The summed E-state index contributed by atoms with van der Waals surface area (Å²) in [5.74, 6) is 1.43. The minimum atomic E-state index is -0.0379. The lowest BCUT2D eigenvalue weighted by molar-refractivity contribution is 0.0761. The number of hydrogen-bond acceptors (Lipinski definition) is 5. The van der Waals surface area contributed by atoms with E-state index in [1.807, 2.05) is 24.8 Å². The maximum absolute atomic E-state index is 12.9. The highest BCUT2D eigenvalue weighted by Crippen LogP contribution is 2.30. The largest absolute Gasteiger partial charge is 0.334 e. The molecular weight excluding hydrogens is 280 g/mol. The average Bonchev–Trinajstić information content (AvgIpc) is 3.14. The van der Waals surface area contributed by atoms with Crippen LogP contribution >= 0.6 is 0 Å². The molecule has 0 saturated carbocycles. The summed E-state index contributed by atoms with van der Waals surface area (Å²) >= 11 is 0. The van der Waals surface area contributed by atoms with Crippen LogP contribution in [-0.2, 0) is 0 Å². The molecule has 4 rings (SSSR count). The molecule has 4 heterocycles. The molecule has 2 aliphatic heterocycles. The topological polar surface area (TPSA) is 66.6 Å². The number of likely N-dealkylation sites (tertiary alicyclic amines) is 2. The first kappa shape index (κ1) is 13.6. The summed E-state index contributed by atoms with van der Waals surface area (Å²) in [6, 6.07) is 2.43. The molecule has 0 bridgehead atoms. The summed E-state index contributed by atoms with van der Waals surface area (Å²) in [7, 11) is 2.14. The second kappa shape index (κ2) is 4.74. The summed E-state index contributed by atoms with van der Waals surface area (Å²) < 4.78 is 1.76. The molecule has 7 nitrogen and oxygen atoms in total. The lowest BCUT2D eigenvalue weighted by Gasteiger charge is -2.20. The van der Waals surface area contributed by atoms with Crippen LogP contribution < -0.4 is 0 Å². The molecule has 2 aliphatic rings. The van der Waals surface area contributed by atoms with Gasteiger partial charge in [-0.15, -0.1) is 10.2 Å². The third-order valence-corrected chi connectivity index (χ3v) is 5.00. The second-order valence-electron chi connectivity index (χ2n) is 6.50. The molecular formula is C15H20N6O. The number of likely N-dealkylation sites (N-methyl/N-ethyl adjacent to an activating group) is 1. The van der Waals surface area contributed by atoms with E-state index in [1.165, 1.54) is 6.42 Å². The molecule has 0 unspecified atom stereocenters. The van der Waals surface area contributed by atoms with Gasteiger partial charge in [-0.3, -0.25) is 9.20 Å². The first-order valence-corrected chi connectivity index (χ1v) is 7.73. The van der Waals surface area contributed by atoms with Crippen molar-refractivity contribution in [2.24, 2.45) is 5.92 Å². The van der Waals surface area contributed by atoms with Crippen molar-refractivity contribution in [2.75, 3.05) is 26.7 Å². The van der Waals surface area contributed by atoms with Crippen LogP contribution in [0.15, 0.2) is 6.07 Å². The smallest absolute Gasteiger partial charge is 0.292 e. The number of hydrogen-bond donors (Lipinski definition) is 0. The van der Waals surface area contributed by atoms with Crippen molar-refractivity contribution in [3.05, 3.63) is 23.3 Å². The van der Waals surface area contributed by atoms with Crippen LogP contribution in [0.1, 0.15) is 28.4 Å². The summed E-state index contributed by atoms with van der Waals surface area (Å²) in [6.07, 6.45) is 1.17. The number of amides is 1. The number of aromatic nitrogens is 4. The van der Waals surface area contributed by atoms with E-state index in [0.717, 1.165) is 31.0 Å². The zero-order valence-electron chi connectivity index (χ0n) is 13.2. The summed E-state index contributed by atoms with van der Waals surface area (Å²) in [6.45, 7) is 6.61. The van der Waals surface area contributed by atoms with Crippen molar-refractivity contribution < 1.29 is 4.79 Å². The standard InChI is InChI=1S/C15H20N6O/c1-9-6-10(2)21-13(17-18-15(21)16-9)14(22)20-7-11-4-5-19(3)12(11)8-20/h6,11-12H,4-5,7-8H2,1-3H3/t11-,12+/m0/s1. The minimum absolute atomic E-state index is 0.0379. The van der Waals surface area contributed by atoms with Gasteiger partial charge in [0.15, 0.2) is 0 Å². The number of aryl methyl sites for hydroxylation is 2. The number of carbonyl (C=O) groups excluding carboxylic acids is 1. The van der Waals surface area contributed by atoms with Gasteiger partial charge >= 0.3 is 0 Å². The lowest BCUT2D eigenvalue weighted by atomic mass is 10.1. The molecule has 0 aromatic carbocycles. The Morgan fingerprint density at radius 2 is 2.09 bits per heavy atom. The van der Waals surface area contributed by atoms with E-state index >= 15 is 0 Å². The molecule has 2 fully saturated rings. The molecule has 0 aliphatic carbocycles. The predicted molar refractivity (Wildman–Crippen MR) is 80.7 cm³/mol. The van der Waals surface area contributed by atoms with Gasteiger partial charge in [0.1, 0.15) is 0 Å². The van der Waals surface area contributed by atoms with Crippen LogP contribution in [0.2, 0.25) is 0 Å². The van der Waals surface area contributed by atoms with Gasteiger partial charge in [-0.05, 0) is 45.8 Å². The van der Waals surface area contributed by atoms with Crippen LogP contribution in [0.5, 0.6) is 0 Å². The quantitative estimate of drug-likeness (QED) is 0.768. The maximum Gasteiger partial charge on any atom is 0.292 e. The third-order valence-electron chi connectivity index (χ3n) is 5.00. The summed E-state index contributed by atoms with van der Waals surface area (Å²) in [5.41, 5.74) is 1.82. The maximum atomic E-state index is 12.9. The van der Waals surface area contributed by atoms with Crippen LogP contribution in [0, 0.1) is 19.8 Å². The SMILES string of the molecule is Cc1cc(C)n2c(C(=O)N3C[C@@H]4CCN(C)[C@@H]4C3)nnc2n1. The molecule has 0 N–H and O–H groups in total. The Morgan fingerprint density at radius 3 is 2.86 bits per heavy atom. The van der Waals surface area contributed by atoms with E-state index in [1.54, 1.807) is 4.40 Å². The first-order chi connectivity index (χ1) is 10.5. The molecule has 7 heteroatoms. The van der Waals surface area contributed by atoms with Gasteiger partial charge in [-0.1, -0.05) is 0 Å². The van der Waals surface area contributed by atoms with Gasteiger partial charge in [-0.2, -0.15) is 0 Å². The molecule has 0 spiro atoms. The summed E-state index contributed by atoms with van der Waals surface area (Å²) in [5, 5.41) is 8.16. The van der Waals surface area contributed by atoms with Crippen molar-refractivity contribution >= 4 is 11.7 Å². The molecule has 2 atom stereocenters. The van der Waals surface area contributed by atoms with Gasteiger partial charge < -0.3 is 9.80 Å². The van der Waals surface area contributed by atoms with Crippen molar-refractivity contribution in [1.82, 2.24) is 29.4 Å². The van der Waals surface area contributed by atoms with E-state index in [2.05, 4.69) is 27.1 Å². The van der Waals surface area contributed by atoms with E-state index in [4.69, 9.17) is 0 Å². The molecule has 2 aromatic heterocycles. The second-order valence-corrected chi connectivity index (χ2v) is 6.50. The fraction of sp³-hybridized carbons (Fsp3) is 0.600. The number of rotatable bonds is 1. The Balaban J connectivity index is 1.67. The monoisotopic (exact) mass is 300 g/mol. The average molecular weight is 300 g/mol. The fourth-order valence-electron chi connectivity index (χ4n) is 3.85. The van der Waals surface area contributed by atoms with E-state index in [0.29, 0.717) is 23.6 Å². The normalized spacial score (nSPS) is 25.1. The van der Waals surface area contributed by atoms with Crippen molar-refractivity contribution in [2.45, 2.75) is 26.3 Å². The van der Waals surface area contributed by atoms with Gasteiger partial charge in [0.2, 0.25) is 5.82 Å². The zero-order chi connectivity index (χ0) is 15.4. The van der Waals surface area contributed by atoms with Crippen LogP contribution in [-0.4, -0.2) is 68.0 Å². The Hall–Kier alpha value is -2.02. The van der Waals surface area contributed by atoms with Gasteiger partial charge in [0.05, 0.1) is 0 Å². The Kier molecular flexibility index (Phi) is 2.94. The van der Waals surface area contributed by atoms with Crippen molar-refractivity contribution in [3.63, 3.8) is 0 Å². The van der Waals surface area contributed by atoms with E-state index in [9.17, 15) is 4.79 Å². The minimum Gasteiger partial charge on any atom is -0.334 e. The Morgan fingerprint density at radius 1 is 1.27 bits per heavy atom. The third kappa shape index (κ3) is 1.92. The van der Waals surface area contributed by atoms with Gasteiger partial charge in [-0.25, -0.2) is 4.98 Å². The zero-order valence-corrected chi connectivity index (χ0v) is 13.2.